The summed E-state index contributed by atoms with van der Waals surface area (Å²) >= 11 is 5.92. The molecule has 1 aromatic heterocycles. The Morgan fingerprint density at radius 2 is 1.48 bits per heavy atom. The van der Waals surface area contributed by atoms with Crippen LogP contribution < -0.4 is 11.0 Å². The third-order valence-electron chi connectivity index (χ3n) is 5.85. The fourth-order valence-corrected chi connectivity index (χ4v) is 4.11. The van der Waals surface area contributed by atoms with E-state index in [1.54, 1.807) is 6.07 Å². The minimum atomic E-state index is -5.11. The lowest BCUT2D eigenvalue weighted by Crippen LogP contribution is -2.34. The largest absolute Gasteiger partial charge is 0.416 e. The Morgan fingerprint density at radius 3 is 2.05 bits per heavy atom. The average Bonchev–Trinajstić information content (AvgIpc) is 3.18. The predicted molar refractivity (Wildman–Crippen MR) is 131 cm³/mol. The second kappa shape index (κ2) is 11.2. The molecule has 0 unspecified atom stereocenters. The first-order valence-corrected chi connectivity index (χ1v) is 11.8. The maximum Gasteiger partial charge on any atom is 0.416 e. The molecule has 0 bridgehead atoms. The van der Waals surface area contributed by atoms with Crippen LogP contribution in [0, 0.1) is 5.82 Å². The zero-order valence-corrected chi connectivity index (χ0v) is 20.9. The second-order valence-corrected chi connectivity index (χ2v) is 8.99. The normalized spacial score (nSPS) is 12.0. The van der Waals surface area contributed by atoms with Gasteiger partial charge in [0, 0.05) is 22.7 Å². The first kappa shape index (κ1) is 28.9. The molecule has 1 heterocycles. The average molecular weight is 587 g/mol. The van der Waals surface area contributed by atoms with Crippen LogP contribution in [0.5, 0.6) is 0 Å². The van der Waals surface area contributed by atoms with E-state index >= 15 is 0 Å². The van der Waals surface area contributed by atoms with E-state index in [2.05, 4.69) is 5.10 Å². The first-order chi connectivity index (χ1) is 18.8. The smallest absolute Gasteiger partial charge is 0.350 e. The van der Waals surface area contributed by atoms with E-state index in [9.17, 15) is 40.3 Å². The zero-order valence-electron chi connectivity index (χ0n) is 20.2. The Balaban J connectivity index is 1.64. The Bertz CT molecular complexity index is 1560. The van der Waals surface area contributed by atoms with Gasteiger partial charge in [0.15, 0.2) is 5.82 Å². The summed E-state index contributed by atoms with van der Waals surface area (Å²) in [6.07, 6.45) is -10.2. The molecule has 6 nitrogen and oxygen atoms in total. The van der Waals surface area contributed by atoms with Crippen molar-refractivity contribution >= 4 is 17.5 Å². The van der Waals surface area contributed by atoms with Gasteiger partial charge in [0.25, 0.3) is 0 Å². The highest BCUT2D eigenvalue weighted by atomic mass is 35.5. The number of benzene rings is 3. The second-order valence-electron chi connectivity index (χ2n) is 8.55. The summed E-state index contributed by atoms with van der Waals surface area (Å²) in [6.45, 7) is -2.23. The van der Waals surface area contributed by atoms with Gasteiger partial charge in [0.05, 0.1) is 17.7 Å². The molecule has 210 valence electrons. The van der Waals surface area contributed by atoms with E-state index in [1.807, 2.05) is 5.32 Å². The molecule has 0 aliphatic heterocycles. The molecule has 14 heteroatoms. The summed E-state index contributed by atoms with van der Waals surface area (Å²) in [6, 6.07) is 13.3. The summed E-state index contributed by atoms with van der Waals surface area (Å²) in [4.78, 5) is 25.8. The molecule has 1 N–H and O–H groups in total. The van der Waals surface area contributed by atoms with Gasteiger partial charge in [-0.15, -0.1) is 5.10 Å². The van der Waals surface area contributed by atoms with Crippen LogP contribution in [-0.2, 0) is 36.8 Å². The van der Waals surface area contributed by atoms with Gasteiger partial charge < -0.3 is 5.32 Å². The molecule has 1 amide bonds. The van der Waals surface area contributed by atoms with E-state index in [4.69, 9.17) is 11.6 Å². The highest BCUT2D eigenvalue weighted by Gasteiger charge is 2.40. The van der Waals surface area contributed by atoms with Gasteiger partial charge in [0.1, 0.15) is 12.4 Å². The number of carbonyl (C=O) groups excluding carboxylic acids is 1. The SMILES string of the molecule is O=C(Cn1nc(-c2ccc(Cl)cc2)n(Cc2ccccc2F)c1=O)NCc1c(C(F)(F)F)cccc1C(F)(F)F. The lowest BCUT2D eigenvalue weighted by Gasteiger charge is -2.19. The Morgan fingerprint density at radius 1 is 0.875 bits per heavy atom. The van der Waals surface area contributed by atoms with Crippen LogP contribution in [0.15, 0.2) is 71.5 Å². The van der Waals surface area contributed by atoms with Gasteiger partial charge in [-0.05, 0) is 48.0 Å². The number of halogens is 8. The van der Waals surface area contributed by atoms with Crippen molar-refractivity contribution < 1.29 is 35.5 Å². The Kier molecular flexibility index (Phi) is 8.05. The monoisotopic (exact) mass is 586 g/mol. The third-order valence-corrected chi connectivity index (χ3v) is 6.11. The number of amides is 1. The maximum absolute atomic E-state index is 14.3. The van der Waals surface area contributed by atoms with E-state index in [-0.39, 0.29) is 17.9 Å². The minimum absolute atomic E-state index is 0.0273. The molecule has 0 spiro atoms. The van der Waals surface area contributed by atoms with Crippen molar-refractivity contribution in [2.24, 2.45) is 0 Å². The molecule has 0 atom stereocenters. The van der Waals surface area contributed by atoms with Crippen molar-refractivity contribution in [3.05, 3.63) is 110 Å². The van der Waals surface area contributed by atoms with Crippen molar-refractivity contribution in [2.75, 3.05) is 0 Å². The quantitative estimate of drug-likeness (QED) is 0.274. The summed E-state index contributed by atoms with van der Waals surface area (Å²) in [5.41, 5.74) is -4.64. The van der Waals surface area contributed by atoms with E-state index in [1.165, 1.54) is 42.5 Å². The van der Waals surface area contributed by atoms with Crippen molar-refractivity contribution in [1.82, 2.24) is 19.7 Å². The third kappa shape index (κ3) is 6.36. The molecule has 0 saturated heterocycles. The van der Waals surface area contributed by atoms with Crippen molar-refractivity contribution in [1.29, 1.82) is 0 Å². The van der Waals surface area contributed by atoms with Crippen molar-refractivity contribution in [3.63, 3.8) is 0 Å². The fraction of sp³-hybridized carbons (Fsp3) is 0.192. The summed E-state index contributed by atoms with van der Waals surface area (Å²) in [5, 5.41) is 6.51. The van der Waals surface area contributed by atoms with Crippen molar-refractivity contribution in [2.45, 2.75) is 32.0 Å². The van der Waals surface area contributed by atoms with E-state index in [0.717, 1.165) is 4.57 Å². The molecule has 3 aromatic carbocycles. The molecule has 4 aromatic rings. The molecule has 0 radical (unpaired) electrons. The molecule has 0 fully saturated rings. The number of hydrogen-bond donors (Lipinski definition) is 1. The molecule has 40 heavy (non-hydrogen) atoms. The molecule has 0 saturated carbocycles. The number of nitrogens with one attached hydrogen (secondary N) is 1. The highest BCUT2D eigenvalue weighted by Crippen LogP contribution is 2.39. The van der Waals surface area contributed by atoms with Crippen LogP contribution in [0.3, 0.4) is 0 Å². The number of rotatable bonds is 7. The molecule has 0 aliphatic rings. The summed E-state index contributed by atoms with van der Waals surface area (Å²) in [7, 11) is 0. The van der Waals surface area contributed by atoms with Gasteiger partial charge in [-0.25, -0.2) is 13.9 Å². The predicted octanol–water partition coefficient (Wildman–Crippen LogP) is 5.91. The highest BCUT2D eigenvalue weighted by molar-refractivity contribution is 6.30. The topological polar surface area (TPSA) is 68.9 Å². The van der Waals surface area contributed by atoms with Gasteiger partial charge in [-0.2, -0.15) is 26.3 Å². The van der Waals surface area contributed by atoms with Crippen molar-refractivity contribution in [3.8, 4) is 11.4 Å². The molecule has 0 aliphatic carbocycles. The van der Waals surface area contributed by atoms with Gasteiger partial charge >= 0.3 is 18.0 Å². The lowest BCUT2D eigenvalue weighted by molar-refractivity contribution is -0.144. The van der Waals surface area contributed by atoms with Crippen LogP contribution in [0.2, 0.25) is 5.02 Å². The Labute approximate surface area is 226 Å². The zero-order chi connectivity index (χ0) is 29.2. The molecular weight excluding hydrogens is 569 g/mol. The summed E-state index contributed by atoms with van der Waals surface area (Å²) < 4.78 is 96.5. The van der Waals surface area contributed by atoms with Gasteiger partial charge in [-0.1, -0.05) is 35.9 Å². The first-order valence-electron chi connectivity index (χ1n) is 11.5. The number of carbonyl (C=O) groups is 1. The van der Waals surface area contributed by atoms with Crippen LogP contribution in [0.1, 0.15) is 22.3 Å². The maximum atomic E-state index is 14.3. The van der Waals surface area contributed by atoms with Crippen LogP contribution >= 0.6 is 11.6 Å². The van der Waals surface area contributed by atoms with Gasteiger partial charge in [0.2, 0.25) is 5.91 Å². The lowest BCUT2D eigenvalue weighted by atomic mass is 10.00. The Hall–Kier alpha value is -4.13. The summed E-state index contributed by atoms with van der Waals surface area (Å²) in [5.74, 6) is -1.66. The van der Waals surface area contributed by atoms with Crippen LogP contribution in [0.25, 0.3) is 11.4 Å². The van der Waals surface area contributed by atoms with E-state index < -0.39 is 59.5 Å². The molecular formula is C26H18ClF7N4O2. The fourth-order valence-electron chi connectivity index (χ4n) is 3.98. The van der Waals surface area contributed by atoms with Crippen LogP contribution in [-0.4, -0.2) is 20.3 Å². The van der Waals surface area contributed by atoms with Gasteiger partial charge in [-0.3, -0.25) is 9.36 Å². The number of alkyl halides is 6. The number of hydrogen-bond acceptors (Lipinski definition) is 3. The van der Waals surface area contributed by atoms with E-state index in [0.29, 0.717) is 33.5 Å². The number of nitrogens with zero attached hydrogens (tertiary/aromatic N) is 3. The minimum Gasteiger partial charge on any atom is -0.350 e. The molecule has 4 rings (SSSR count). The number of aromatic nitrogens is 3. The standard InChI is InChI=1S/C26H18ClF7N4O2/c27-17-10-8-15(9-11-17)23-36-38(24(40)37(23)13-16-4-1-2-7-21(16)28)14-22(39)35-12-18-19(25(29,30)31)5-3-6-20(18)26(32,33)34/h1-11H,12-14H2,(H,35,39). The van der Waals surface area contributed by atoms with Crippen LogP contribution in [0.4, 0.5) is 30.7 Å².